The molecule has 27 heavy (non-hydrogen) atoms. The second-order valence-corrected chi connectivity index (χ2v) is 6.04. The van der Waals surface area contributed by atoms with Gasteiger partial charge < -0.3 is 23.8 Å². The van der Waals surface area contributed by atoms with Crippen molar-refractivity contribution in [3.8, 4) is 17.2 Å². The number of hydrogen-bond acceptors (Lipinski definition) is 6. The Bertz CT molecular complexity index is 841. The highest BCUT2D eigenvalue weighted by atomic mass is 16.5. The van der Waals surface area contributed by atoms with Gasteiger partial charge in [0.2, 0.25) is 0 Å². The molecule has 0 atom stereocenters. The van der Waals surface area contributed by atoms with Gasteiger partial charge in [-0.1, -0.05) is 6.07 Å². The molecular formula is C20H21NO6. The number of hydrogen-bond donors (Lipinski definition) is 0. The first-order valence-corrected chi connectivity index (χ1v) is 8.46. The van der Waals surface area contributed by atoms with Crippen LogP contribution >= 0.6 is 0 Å². The van der Waals surface area contributed by atoms with Crippen LogP contribution in [0.15, 0.2) is 36.4 Å². The molecule has 0 saturated heterocycles. The summed E-state index contributed by atoms with van der Waals surface area (Å²) < 4.78 is 21.1. The van der Waals surface area contributed by atoms with E-state index in [4.69, 9.17) is 18.9 Å². The Morgan fingerprint density at radius 3 is 2.44 bits per heavy atom. The highest BCUT2D eigenvalue weighted by Crippen LogP contribution is 2.32. The first kappa shape index (κ1) is 18.6. The smallest absolute Gasteiger partial charge is 0.338 e. The average molecular weight is 371 g/mol. The van der Waals surface area contributed by atoms with Crippen LogP contribution in [0.3, 0.4) is 0 Å². The van der Waals surface area contributed by atoms with Gasteiger partial charge in [0.05, 0.1) is 32.0 Å². The lowest BCUT2D eigenvalue weighted by Crippen LogP contribution is -2.40. The summed E-state index contributed by atoms with van der Waals surface area (Å²) >= 11 is 0. The molecule has 0 radical (unpaired) electrons. The molecule has 142 valence electrons. The lowest BCUT2D eigenvalue weighted by atomic mass is 10.1. The number of carbonyl (C=O) groups is 2. The molecule has 7 heteroatoms. The first-order valence-electron chi connectivity index (χ1n) is 8.46. The average Bonchev–Trinajstić information content (AvgIpc) is 2.70. The maximum Gasteiger partial charge on any atom is 0.338 e. The Kier molecular flexibility index (Phi) is 5.49. The quantitative estimate of drug-likeness (QED) is 0.752. The molecule has 0 fully saturated rings. The fourth-order valence-electron chi connectivity index (χ4n) is 2.80. The van der Waals surface area contributed by atoms with Crippen LogP contribution in [-0.4, -0.2) is 45.9 Å². The molecule has 0 bridgehead atoms. The second-order valence-electron chi connectivity index (χ2n) is 6.04. The van der Waals surface area contributed by atoms with Gasteiger partial charge in [-0.25, -0.2) is 4.79 Å². The number of esters is 1. The number of carbonyl (C=O) groups excluding carboxylic acids is 2. The fraction of sp³-hybridized carbons (Fsp3) is 0.300. The van der Waals surface area contributed by atoms with Gasteiger partial charge in [0.15, 0.2) is 6.61 Å². The minimum atomic E-state index is -0.627. The molecule has 1 aliphatic heterocycles. The Morgan fingerprint density at radius 2 is 1.78 bits per heavy atom. The van der Waals surface area contributed by atoms with Crippen LogP contribution in [0.25, 0.3) is 0 Å². The molecule has 0 N–H and O–H groups in total. The Labute approximate surface area is 157 Å². The second kappa shape index (κ2) is 7.99. The normalized spacial score (nSPS) is 12.6. The molecule has 0 spiro atoms. The van der Waals surface area contributed by atoms with E-state index in [1.54, 1.807) is 11.0 Å². The summed E-state index contributed by atoms with van der Waals surface area (Å²) in [4.78, 5) is 26.5. The number of ether oxygens (including phenoxy) is 4. The number of benzene rings is 2. The highest BCUT2D eigenvalue weighted by molar-refractivity contribution is 5.98. The summed E-state index contributed by atoms with van der Waals surface area (Å²) in [6.45, 7) is 2.36. The minimum Gasteiger partial charge on any atom is -0.497 e. The predicted molar refractivity (Wildman–Crippen MR) is 98.9 cm³/mol. The Hall–Kier alpha value is -3.22. The summed E-state index contributed by atoms with van der Waals surface area (Å²) in [5.41, 5.74) is 1.94. The topological polar surface area (TPSA) is 74.3 Å². The van der Waals surface area contributed by atoms with E-state index >= 15 is 0 Å². The van der Waals surface area contributed by atoms with Gasteiger partial charge >= 0.3 is 5.97 Å². The number of rotatable bonds is 5. The van der Waals surface area contributed by atoms with Crippen molar-refractivity contribution in [1.82, 2.24) is 0 Å². The lowest BCUT2D eigenvalue weighted by molar-refractivity contribution is -0.121. The molecule has 0 unspecified atom stereocenters. The zero-order valence-electron chi connectivity index (χ0n) is 15.5. The van der Waals surface area contributed by atoms with Gasteiger partial charge in [-0.3, -0.25) is 4.79 Å². The maximum atomic E-state index is 12.6. The Morgan fingerprint density at radius 1 is 1.07 bits per heavy atom. The summed E-state index contributed by atoms with van der Waals surface area (Å²) in [7, 11) is 2.98. The number of fused-ring (bicyclic) bond motifs is 1. The van der Waals surface area contributed by atoms with E-state index < -0.39 is 5.97 Å². The summed E-state index contributed by atoms with van der Waals surface area (Å²) in [5.74, 6) is 0.631. The van der Waals surface area contributed by atoms with Gasteiger partial charge in [0.25, 0.3) is 5.91 Å². The van der Waals surface area contributed by atoms with E-state index in [1.165, 1.54) is 26.4 Å². The zero-order valence-corrected chi connectivity index (χ0v) is 15.5. The SMILES string of the molecule is COc1cc(OC)cc(C(=O)OCC(=O)N2CCOc3ccc(C)cc32)c1. The summed E-state index contributed by atoms with van der Waals surface area (Å²) in [6.07, 6.45) is 0. The van der Waals surface area contributed by atoms with Gasteiger partial charge in [-0.2, -0.15) is 0 Å². The van der Waals surface area contributed by atoms with Gasteiger partial charge in [0, 0.05) is 6.07 Å². The third kappa shape index (κ3) is 4.13. The number of amides is 1. The van der Waals surface area contributed by atoms with Crippen LogP contribution < -0.4 is 19.1 Å². The first-order chi connectivity index (χ1) is 13.0. The molecule has 1 heterocycles. The molecule has 7 nitrogen and oxygen atoms in total. The van der Waals surface area contributed by atoms with Crippen LogP contribution in [0.5, 0.6) is 17.2 Å². The van der Waals surface area contributed by atoms with Crippen molar-refractivity contribution in [2.24, 2.45) is 0 Å². The number of methoxy groups -OCH3 is 2. The minimum absolute atomic E-state index is 0.247. The van der Waals surface area contributed by atoms with Gasteiger partial charge in [-0.15, -0.1) is 0 Å². The van der Waals surface area contributed by atoms with Crippen molar-refractivity contribution >= 4 is 17.6 Å². The van der Waals surface area contributed by atoms with Crippen LogP contribution in [0.1, 0.15) is 15.9 Å². The highest BCUT2D eigenvalue weighted by Gasteiger charge is 2.25. The van der Waals surface area contributed by atoms with E-state index in [-0.39, 0.29) is 18.1 Å². The number of nitrogens with zero attached hydrogens (tertiary/aromatic N) is 1. The monoisotopic (exact) mass is 371 g/mol. The molecule has 3 rings (SSSR count). The standard InChI is InChI=1S/C20H21NO6/c1-13-4-5-18-17(8-13)21(6-7-26-18)19(22)12-27-20(23)14-9-15(24-2)11-16(10-14)25-3/h4-5,8-11H,6-7,12H2,1-3H3. The van der Waals surface area contributed by atoms with Crippen LogP contribution in [-0.2, 0) is 9.53 Å². The molecule has 1 aliphatic rings. The summed E-state index contributed by atoms with van der Waals surface area (Å²) in [6, 6.07) is 10.3. The van der Waals surface area contributed by atoms with Crippen molar-refractivity contribution < 1.29 is 28.5 Å². The molecule has 0 aliphatic carbocycles. The van der Waals surface area contributed by atoms with Crippen LogP contribution in [0.4, 0.5) is 5.69 Å². The number of anilines is 1. The van der Waals surface area contributed by atoms with Crippen molar-refractivity contribution in [3.05, 3.63) is 47.5 Å². The van der Waals surface area contributed by atoms with Crippen molar-refractivity contribution in [2.75, 3.05) is 38.9 Å². The van der Waals surface area contributed by atoms with Crippen LogP contribution in [0.2, 0.25) is 0 Å². The molecule has 0 aromatic heterocycles. The zero-order chi connectivity index (χ0) is 19.4. The lowest BCUT2D eigenvalue weighted by Gasteiger charge is -2.29. The van der Waals surface area contributed by atoms with E-state index in [9.17, 15) is 9.59 Å². The molecule has 1 amide bonds. The molecule has 2 aromatic carbocycles. The van der Waals surface area contributed by atoms with Crippen molar-refractivity contribution in [3.63, 3.8) is 0 Å². The van der Waals surface area contributed by atoms with Crippen molar-refractivity contribution in [2.45, 2.75) is 6.92 Å². The van der Waals surface area contributed by atoms with E-state index in [2.05, 4.69) is 0 Å². The van der Waals surface area contributed by atoms with E-state index in [0.29, 0.717) is 36.1 Å². The van der Waals surface area contributed by atoms with Crippen molar-refractivity contribution in [1.29, 1.82) is 0 Å². The number of aryl methyl sites for hydroxylation is 1. The third-order valence-electron chi connectivity index (χ3n) is 4.19. The predicted octanol–water partition coefficient (Wildman–Crippen LogP) is 2.59. The Balaban J connectivity index is 1.70. The largest absolute Gasteiger partial charge is 0.497 e. The third-order valence-corrected chi connectivity index (χ3v) is 4.19. The molecular weight excluding hydrogens is 350 g/mol. The van der Waals surface area contributed by atoms with Crippen LogP contribution in [0, 0.1) is 6.92 Å². The van der Waals surface area contributed by atoms with E-state index in [0.717, 1.165) is 5.56 Å². The summed E-state index contributed by atoms with van der Waals surface area (Å²) in [5, 5.41) is 0. The molecule has 0 saturated carbocycles. The van der Waals surface area contributed by atoms with Gasteiger partial charge in [-0.05, 0) is 36.8 Å². The van der Waals surface area contributed by atoms with Gasteiger partial charge in [0.1, 0.15) is 23.9 Å². The molecule has 2 aromatic rings. The maximum absolute atomic E-state index is 12.6. The fourth-order valence-corrected chi connectivity index (χ4v) is 2.80. The van der Waals surface area contributed by atoms with E-state index in [1.807, 2.05) is 25.1 Å².